The van der Waals surface area contributed by atoms with Gasteiger partial charge < -0.3 is 10.3 Å². The number of carbonyl (C=O) groups is 1. The van der Waals surface area contributed by atoms with Crippen LogP contribution < -0.4 is 5.06 Å². The van der Waals surface area contributed by atoms with Crippen LogP contribution in [0.5, 0.6) is 0 Å². The van der Waals surface area contributed by atoms with E-state index in [0.29, 0.717) is 5.39 Å². The molecular weight excluding hydrogens is 665 g/mol. The summed E-state index contributed by atoms with van der Waals surface area (Å²) in [6.45, 7) is 0. The highest BCUT2D eigenvalue weighted by Crippen LogP contribution is 2.54. The van der Waals surface area contributed by atoms with Gasteiger partial charge in [0.05, 0.1) is 16.1 Å². The van der Waals surface area contributed by atoms with E-state index in [2.05, 4.69) is 4.98 Å². The van der Waals surface area contributed by atoms with Crippen molar-refractivity contribution in [1.82, 2.24) is 4.98 Å². The first-order chi connectivity index (χ1) is 16.8. The van der Waals surface area contributed by atoms with Crippen molar-refractivity contribution in [2.24, 2.45) is 0 Å². The number of rotatable bonds is 4. The van der Waals surface area contributed by atoms with Crippen LogP contribution in [0.3, 0.4) is 0 Å². The number of amides is 1. The standard InChI is InChI=1S/C20H8F10IN2O3S/c21-17(18(22,23)24,19(25,26)27)11-7-12(31)15(14(8-11)37(36)20(28,29)30)33(35)16(34)10-4-3-9-2-1-5-32-13(9)6-10/h1-8H/q-1. The molecule has 3 rings (SSSR count). The van der Waals surface area contributed by atoms with E-state index in [9.17, 15) is 58.1 Å². The fourth-order valence-corrected chi connectivity index (χ4v) is 5.02. The quantitative estimate of drug-likeness (QED) is 0.172. The molecule has 0 radical (unpaired) electrons. The Bertz CT molecular complexity index is 1380. The summed E-state index contributed by atoms with van der Waals surface area (Å²) in [5.74, 6) is -1.61. The smallest absolute Gasteiger partial charge is 0.475 e. The summed E-state index contributed by atoms with van der Waals surface area (Å²) >= 11 is 0.842. The lowest BCUT2D eigenvalue weighted by molar-refractivity contribution is -0.348. The average molecular weight is 673 g/mol. The topological polar surface area (TPSA) is 73.3 Å². The first-order valence-corrected chi connectivity index (χ1v) is 11.5. The number of hydroxylamine groups is 1. The normalized spacial score (nSPS) is 14.1. The lowest BCUT2D eigenvalue weighted by atomic mass is 9.94. The van der Waals surface area contributed by atoms with Gasteiger partial charge in [0.25, 0.3) is 0 Å². The van der Waals surface area contributed by atoms with Gasteiger partial charge >= 0.3 is 23.5 Å². The third kappa shape index (κ3) is 5.25. The Morgan fingerprint density at radius 2 is 1.51 bits per heavy atom. The molecular formula is C20H8F10IN2O3S-. The average Bonchev–Trinajstić information content (AvgIpc) is 2.79. The second kappa shape index (κ2) is 9.64. The monoisotopic (exact) mass is 673 g/mol. The molecule has 1 unspecified atom stereocenters. The summed E-state index contributed by atoms with van der Waals surface area (Å²) in [4.78, 5) is 14.7. The van der Waals surface area contributed by atoms with Crippen molar-refractivity contribution in [2.75, 3.05) is 5.06 Å². The molecule has 0 saturated heterocycles. The van der Waals surface area contributed by atoms with Crippen LogP contribution in [0.1, 0.15) is 15.9 Å². The lowest BCUT2D eigenvalue weighted by Gasteiger charge is -2.34. The first-order valence-electron chi connectivity index (χ1n) is 9.32. The molecule has 0 fully saturated rings. The maximum absolute atomic E-state index is 14.6. The summed E-state index contributed by atoms with van der Waals surface area (Å²) in [5.41, 5.74) is -16.2. The molecule has 200 valence electrons. The van der Waals surface area contributed by atoms with E-state index in [1.165, 1.54) is 18.3 Å². The molecule has 1 heterocycles. The molecule has 0 aliphatic carbocycles. The van der Waals surface area contributed by atoms with E-state index < -0.39 is 76.6 Å². The van der Waals surface area contributed by atoms with E-state index in [0.717, 1.165) is 34.7 Å². The Morgan fingerprint density at radius 1 is 0.919 bits per heavy atom. The molecule has 1 amide bonds. The molecule has 0 N–H and O–H groups in total. The molecule has 0 aliphatic heterocycles. The Kier molecular flexibility index (Phi) is 7.57. The van der Waals surface area contributed by atoms with Crippen LogP contribution in [0.4, 0.5) is 49.6 Å². The lowest BCUT2D eigenvalue weighted by Crippen LogP contribution is -2.50. The van der Waals surface area contributed by atoms with E-state index >= 15 is 0 Å². The number of anilines is 1. The highest BCUT2D eigenvalue weighted by atomic mass is 127. The minimum atomic E-state index is -6.71. The molecule has 1 atom stereocenters. The zero-order valence-electron chi connectivity index (χ0n) is 17.3. The maximum atomic E-state index is 14.6. The van der Waals surface area contributed by atoms with Crippen molar-refractivity contribution in [2.45, 2.75) is 28.4 Å². The molecule has 2 aromatic carbocycles. The summed E-state index contributed by atoms with van der Waals surface area (Å²) in [7, 11) is -4.45. The van der Waals surface area contributed by atoms with Crippen molar-refractivity contribution >= 4 is 55.9 Å². The largest absolute Gasteiger partial charge is 0.751 e. The summed E-state index contributed by atoms with van der Waals surface area (Å²) in [5, 5.41) is 12.5. The fraction of sp³-hybridized carbons (Fsp3) is 0.200. The van der Waals surface area contributed by atoms with Crippen molar-refractivity contribution < 1.29 is 52.9 Å². The Morgan fingerprint density at radius 3 is 2.05 bits per heavy atom. The molecule has 5 nitrogen and oxygen atoms in total. The van der Waals surface area contributed by atoms with Gasteiger partial charge in [0.2, 0.25) is 5.91 Å². The number of halogens is 11. The minimum absolute atomic E-state index is 0.156. The summed E-state index contributed by atoms with van der Waals surface area (Å²) in [6, 6.07) is 5.65. The van der Waals surface area contributed by atoms with E-state index in [4.69, 9.17) is 0 Å². The van der Waals surface area contributed by atoms with Crippen LogP contribution in [0, 0.1) is 8.78 Å². The minimum Gasteiger partial charge on any atom is -0.751 e. The second-order valence-corrected chi connectivity index (χ2v) is 9.79. The van der Waals surface area contributed by atoms with Crippen molar-refractivity contribution in [3.8, 4) is 0 Å². The Hall–Kier alpha value is -2.54. The second-order valence-electron chi connectivity index (χ2n) is 7.18. The van der Waals surface area contributed by atoms with Crippen LogP contribution in [0.15, 0.2) is 53.6 Å². The van der Waals surface area contributed by atoms with Crippen LogP contribution >= 0.6 is 22.6 Å². The van der Waals surface area contributed by atoms with Crippen molar-refractivity contribution in [3.05, 3.63) is 68.6 Å². The van der Waals surface area contributed by atoms with Gasteiger partial charge in [-0.1, -0.05) is 12.1 Å². The Labute approximate surface area is 215 Å². The summed E-state index contributed by atoms with van der Waals surface area (Å²) < 4.78 is 144. The molecule has 0 spiro atoms. The van der Waals surface area contributed by atoms with Crippen molar-refractivity contribution in [3.63, 3.8) is 0 Å². The van der Waals surface area contributed by atoms with Crippen LogP contribution in [-0.2, 0) is 16.5 Å². The molecule has 37 heavy (non-hydrogen) atoms. The van der Waals surface area contributed by atoms with Gasteiger partial charge in [0.1, 0.15) is 0 Å². The number of pyridine rings is 1. The van der Waals surface area contributed by atoms with Crippen LogP contribution in [0.2, 0.25) is 0 Å². The van der Waals surface area contributed by atoms with Gasteiger partial charge in [-0.05, 0) is 52.9 Å². The zero-order valence-corrected chi connectivity index (χ0v) is 20.3. The number of alkyl halides is 10. The van der Waals surface area contributed by atoms with E-state index in [-0.39, 0.29) is 11.6 Å². The zero-order chi connectivity index (χ0) is 28.1. The molecule has 0 bridgehead atoms. The number of hydrogen-bond donors (Lipinski definition) is 0. The third-order valence-corrected chi connectivity index (χ3v) is 6.81. The molecule has 1 aromatic heterocycles. The predicted molar refractivity (Wildman–Crippen MR) is 118 cm³/mol. The Balaban J connectivity index is 2.26. The fourth-order valence-electron chi connectivity index (χ4n) is 3.14. The summed E-state index contributed by atoms with van der Waals surface area (Å²) in [6.07, 6.45) is -12.1. The number of benzene rings is 2. The number of nitrogens with zero attached hydrogens (tertiary/aromatic N) is 2. The van der Waals surface area contributed by atoms with E-state index in [1.54, 1.807) is 6.07 Å². The molecule has 0 aliphatic rings. The molecule has 0 saturated carbocycles. The first kappa shape index (κ1) is 29.0. The number of aromatic nitrogens is 1. The number of fused-ring (bicyclic) bond motifs is 1. The predicted octanol–water partition coefficient (Wildman–Crippen LogP) is 6.90. The van der Waals surface area contributed by atoms with E-state index in [1.807, 2.05) is 0 Å². The highest BCUT2D eigenvalue weighted by Gasteiger charge is 2.73. The van der Waals surface area contributed by atoms with Crippen molar-refractivity contribution in [1.29, 1.82) is 0 Å². The van der Waals surface area contributed by atoms with Gasteiger partial charge in [0, 0.05) is 26.3 Å². The van der Waals surface area contributed by atoms with Crippen LogP contribution in [-0.4, -0.2) is 33.0 Å². The van der Waals surface area contributed by atoms with Gasteiger partial charge in [-0.15, -0.1) is 0 Å². The number of carbonyl (C=O) groups excluding carboxylic acids is 1. The molecule has 17 heteroatoms. The van der Waals surface area contributed by atoms with Gasteiger partial charge in [-0.2, -0.15) is 39.5 Å². The number of hydrogen-bond acceptors (Lipinski definition) is 4. The maximum Gasteiger partial charge on any atom is 0.475 e. The SMILES string of the molecule is O=C(c1ccc2cccnc2c1)N([O-])c1c(I)cc(C(F)(C(F)(F)F)C(F)(F)F)cc1S(=O)C(F)(F)F. The molecule has 3 aromatic rings. The van der Waals surface area contributed by atoms with Crippen LogP contribution in [0.25, 0.3) is 10.9 Å². The third-order valence-electron chi connectivity index (χ3n) is 4.86. The highest BCUT2D eigenvalue weighted by molar-refractivity contribution is 14.1. The van der Waals surface area contributed by atoms with Gasteiger partial charge in [-0.3, -0.25) is 9.78 Å². The van der Waals surface area contributed by atoms with Gasteiger partial charge in [0.15, 0.2) is 10.8 Å². The van der Waals surface area contributed by atoms with Gasteiger partial charge in [-0.25, -0.2) is 8.60 Å².